The molecule has 0 bridgehead atoms. The molecule has 1 aliphatic rings. The van der Waals surface area contributed by atoms with Crippen LogP contribution in [0.5, 0.6) is 0 Å². The third kappa shape index (κ3) is 5.70. The molecule has 5 rings (SSSR count). The lowest BCUT2D eigenvalue weighted by molar-refractivity contribution is -0.126. The fraction of sp³-hybridized carbons (Fsp3) is 0.143. The van der Waals surface area contributed by atoms with Crippen molar-refractivity contribution >= 4 is 34.9 Å². The van der Waals surface area contributed by atoms with E-state index in [9.17, 15) is 18.8 Å². The molecule has 2 N–H and O–H groups in total. The average molecular weight is 531 g/mol. The fourth-order valence-electron chi connectivity index (χ4n) is 4.20. The zero-order chi connectivity index (χ0) is 26.5. The second-order valence-corrected chi connectivity index (χ2v) is 9.59. The highest BCUT2D eigenvalue weighted by atomic mass is 32.1. The van der Waals surface area contributed by atoms with Crippen molar-refractivity contribution in [3.05, 3.63) is 118 Å². The van der Waals surface area contributed by atoms with Gasteiger partial charge in [0.15, 0.2) is 12.1 Å². The molecule has 0 aliphatic carbocycles. The number of rotatable bonds is 8. The van der Waals surface area contributed by atoms with Gasteiger partial charge in [0.05, 0.1) is 11.4 Å². The highest BCUT2D eigenvalue weighted by Gasteiger charge is 2.47. The zero-order valence-corrected chi connectivity index (χ0v) is 20.9. The number of anilines is 1. The molecule has 1 saturated heterocycles. The van der Waals surface area contributed by atoms with Crippen LogP contribution in [-0.4, -0.2) is 33.8 Å². The molecular formula is C28H23FN4O4S. The number of carbonyl (C=O) groups is 3. The molecule has 2 aromatic carbocycles. The van der Waals surface area contributed by atoms with Crippen LogP contribution in [0.3, 0.4) is 0 Å². The van der Waals surface area contributed by atoms with Crippen LogP contribution < -0.4 is 10.6 Å². The molecule has 1 fully saturated rings. The maximum Gasteiger partial charge on any atom is 0.411 e. The Hall–Kier alpha value is -4.57. The van der Waals surface area contributed by atoms with Gasteiger partial charge < -0.3 is 15.4 Å². The summed E-state index contributed by atoms with van der Waals surface area (Å²) in [5, 5.41) is 7.50. The molecule has 38 heavy (non-hydrogen) atoms. The highest BCUT2D eigenvalue weighted by molar-refractivity contribution is 7.12. The summed E-state index contributed by atoms with van der Waals surface area (Å²) >= 11 is 1.34. The number of nitrogens with one attached hydrogen (secondary N) is 2. The standard InChI is InChI=1S/C28H23FN4O4S/c29-21-6-1-4-18(14-21)17-33-24(27(35)31-16-19-5-2-12-30-15-19)25(37-28(33)36)20-8-10-22(11-9-20)32-26(34)23-7-3-13-38-23/h1-15,24-25H,16-17H2,(H,31,35)(H,32,34)/t24-,25-/m1/s1. The Bertz CT molecular complexity index is 1430. The molecule has 0 radical (unpaired) electrons. The van der Waals surface area contributed by atoms with Crippen molar-refractivity contribution in [3.8, 4) is 0 Å². The van der Waals surface area contributed by atoms with Gasteiger partial charge in [-0.25, -0.2) is 9.18 Å². The number of pyridine rings is 1. The molecule has 0 spiro atoms. The summed E-state index contributed by atoms with van der Waals surface area (Å²) in [5.74, 6) is -1.09. The zero-order valence-electron chi connectivity index (χ0n) is 20.0. The van der Waals surface area contributed by atoms with Crippen LogP contribution in [0, 0.1) is 5.82 Å². The topological polar surface area (TPSA) is 101 Å². The van der Waals surface area contributed by atoms with Crippen molar-refractivity contribution in [2.75, 3.05) is 5.32 Å². The molecular weight excluding hydrogens is 507 g/mol. The summed E-state index contributed by atoms with van der Waals surface area (Å²) < 4.78 is 19.5. The predicted molar refractivity (Wildman–Crippen MR) is 140 cm³/mol. The Morgan fingerprint density at radius 1 is 1.03 bits per heavy atom. The first-order valence-electron chi connectivity index (χ1n) is 11.8. The molecule has 10 heteroatoms. The van der Waals surface area contributed by atoms with Crippen LogP contribution in [0.4, 0.5) is 14.9 Å². The van der Waals surface area contributed by atoms with Crippen LogP contribution in [0.15, 0.2) is 90.6 Å². The number of aromatic nitrogens is 1. The summed E-state index contributed by atoms with van der Waals surface area (Å²) in [6.07, 6.45) is 1.68. The normalized spacial score (nSPS) is 16.7. The third-order valence-electron chi connectivity index (χ3n) is 6.03. The van der Waals surface area contributed by atoms with Crippen molar-refractivity contribution in [3.63, 3.8) is 0 Å². The number of nitrogens with zero attached hydrogens (tertiary/aromatic N) is 2. The molecule has 2 aromatic heterocycles. The second-order valence-electron chi connectivity index (χ2n) is 8.64. The van der Waals surface area contributed by atoms with Gasteiger partial charge in [-0.1, -0.05) is 36.4 Å². The largest absolute Gasteiger partial charge is 0.438 e. The number of cyclic esters (lactones) is 1. The Labute approximate surface area is 222 Å². The van der Waals surface area contributed by atoms with Crippen molar-refractivity contribution in [2.45, 2.75) is 25.2 Å². The number of hydrogen-bond acceptors (Lipinski definition) is 6. The lowest BCUT2D eigenvalue weighted by Gasteiger charge is -2.24. The van der Waals surface area contributed by atoms with Gasteiger partial charge in [-0.2, -0.15) is 0 Å². The molecule has 4 aromatic rings. The van der Waals surface area contributed by atoms with Crippen molar-refractivity contribution < 1.29 is 23.5 Å². The van der Waals surface area contributed by atoms with E-state index in [1.807, 2.05) is 11.4 Å². The highest BCUT2D eigenvalue weighted by Crippen LogP contribution is 2.34. The molecule has 1 aliphatic heterocycles. The van der Waals surface area contributed by atoms with Crippen LogP contribution in [-0.2, 0) is 22.6 Å². The van der Waals surface area contributed by atoms with E-state index in [2.05, 4.69) is 15.6 Å². The van der Waals surface area contributed by atoms with E-state index in [1.54, 1.807) is 67.0 Å². The van der Waals surface area contributed by atoms with E-state index in [1.165, 1.54) is 28.4 Å². The summed E-state index contributed by atoms with van der Waals surface area (Å²) in [6.45, 7) is 0.207. The third-order valence-corrected chi connectivity index (χ3v) is 6.90. The van der Waals surface area contributed by atoms with Gasteiger partial charge in [-0.3, -0.25) is 19.5 Å². The molecule has 192 valence electrons. The van der Waals surface area contributed by atoms with Crippen LogP contribution in [0.25, 0.3) is 0 Å². The molecule has 8 nitrogen and oxygen atoms in total. The summed E-state index contributed by atoms with van der Waals surface area (Å²) in [5.41, 5.74) is 2.46. The SMILES string of the molecule is O=C(Nc1ccc([C@H]2OC(=O)N(Cc3cccc(F)c3)[C@H]2C(=O)NCc2cccnc2)cc1)c1cccs1. The van der Waals surface area contributed by atoms with Crippen molar-refractivity contribution in [1.29, 1.82) is 0 Å². The van der Waals surface area contributed by atoms with Gasteiger partial charge in [-0.15, -0.1) is 11.3 Å². The van der Waals surface area contributed by atoms with E-state index in [0.29, 0.717) is 21.7 Å². The van der Waals surface area contributed by atoms with Crippen molar-refractivity contribution in [1.82, 2.24) is 15.2 Å². The Balaban J connectivity index is 1.37. The van der Waals surface area contributed by atoms with Crippen molar-refractivity contribution in [2.24, 2.45) is 0 Å². The first-order valence-corrected chi connectivity index (χ1v) is 12.7. The number of amides is 3. The fourth-order valence-corrected chi connectivity index (χ4v) is 4.81. The van der Waals surface area contributed by atoms with Crippen LogP contribution >= 0.6 is 11.3 Å². The number of ether oxygens (including phenoxy) is 1. The van der Waals surface area contributed by atoms with E-state index < -0.39 is 30.0 Å². The van der Waals surface area contributed by atoms with Gasteiger partial charge in [0.1, 0.15) is 5.82 Å². The first-order chi connectivity index (χ1) is 18.5. The summed E-state index contributed by atoms with van der Waals surface area (Å²) in [7, 11) is 0. The minimum absolute atomic E-state index is 0.00692. The quantitative estimate of drug-likeness (QED) is 0.337. The average Bonchev–Trinajstić information content (AvgIpc) is 3.57. The number of hydrogen-bond donors (Lipinski definition) is 2. The molecule has 2 atom stereocenters. The van der Waals surface area contributed by atoms with Gasteiger partial charge in [0.2, 0.25) is 5.91 Å². The lowest BCUT2D eigenvalue weighted by Crippen LogP contribution is -2.46. The maximum atomic E-state index is 13.8. The van der Waals surface area contributed by atoms with Gasteiger partial charge in [0, 0.05) is 24.6 Å². The molecule has 0 saturated carbocycles. The van der Waals surface area contributed by atoms with Gasteiger partial charge in [0.25, 0.3) is 5.91 Å². The van der Waals surface area contributed by atoms with E-state index in [4.69, 9.17) is 4.74 Å². The van der Waals surface area contributed by atoms with Crippen LogP contribution in [0.1, 0.15) is 32.5 Å². The molecule has 3 heterocycles. The number of halogens is 1. The lowest BCUT2D eigenvalue weighted by atomic mass is 10.00. The maximum absolute atomic E-state index is 13.8. The van der Waals surface area contributed by atoms with E-state index in [-0.39, 0.29) is 19.0 Å². The minimum atomic E-state index is -1.01. The Morgan fingerprint density at radius 2 is 1.84 bits per heavy atom. The number of carbonyl (C=O) groups excluding carboxylic acids is 3. The minimum Gasteiger partial charge on any atom is -0.438 e. The monoisotopic (exact) mass is 530 g/mol. The Kier molecular flexibility index (Phi) is 7.41. The van der Waals surface area contributed by atoms with E-state index in [0.717, 1.165) is 5.56 Å². The van der Waals surface area contributed by atoms with Crippen LogP contribution in [0.2, 0.25) is 0 Å². The first kappa shape index (κ1) is 25.1. The predicted octanol–water partition coefficient (Wildman–Crippen LogP) is 4.91. The summed E-state index contributed by atoms with van der Waals surface area (Å²) in [4.78, 5) is 44.7. The number of benzene rings is 2. The Morgan fingerprint density at radius 3 is 2.55 bits per heavy atom. The van der Waals surface area contributed by atoms with E-state index >= 15 is 0 Å². The van der Waals surface area contributed by atoms with Gasteiger partial charge >= 0.3 is 6.09 Å². The number of thiophene rings is 1. The second kappa shape index (κ2) is 11.2. The van der Waals surface area contributed by atoms with Gasteiger partial charge in [-0.05, 0) is 58.5 Å². The molecule has 3 amide bonds. The smallest absolute Gasteiger partial charge is 0.411 e. The molecule has 0 unspecified atom stereocenters. The summed E-state index contributed by atoms with van der Waals surface area (Å²) in [6, 6.07) is 18.8.